The molecule has 2 aromatic heterocycles. The van der Waals surface area contributed by atoms with E-state index in [9.17, 15) is 14.7 Å². The summed E-state index contributed by atoms with van der Waals surface area (Å²) in [4.78, 5) is 35.0. The Balaban J connectivity index is 1.58. The van der Waals surface area contributed by atoms with Crippen LogP contribution < -0.4 is 5.56 Å². The molecule has 5 rings (SSSR count). The quantitative estimate of drug-likeness (QED) is 0.760. The molecule has 1 saturated heterocycles. The number of likely N-dealkylation sites (tertiary alicyclic amines) is 1. The van der Waals surface area contributed by atoms with Crippen molar-refractivity contribution in [1.82, 2.24) is 19.4 Å². The minimum absolute atomic E-state index is 0.00380. The maximum atomic E-state index is 13.5. The van der Waals surface area contributed by atoms with Crippen molar-refractivity contribution >= 4 is 11.5 Å². The number of allylic oxidation sites excluding steroid dienone is 2. The summed E-state index contributed by atoms with van der Waals surface area (Å²) in [6.45, 7) is 0.926. The van der Waals surface area contributed by atoms with Gasteiger partial charge in [-0.25, -0.2) is 0 Å². The van der Waals surface area contributed by atoms with Gasteiger partial charge >= 0.3 is 0 Å². The summed E-state index contributed by atoms with van der Waals surface area (Å²) >= 11 is 0. The van der Waals surface area contributed by atoms with Gasteiger partial charge in [0.05, 0.1) is 17.8 Å². The molecule has 4 heterocycles. The van der Waals surface area contributed by atoms with Crippen LogP contribution in [-0.2, 0) is 17.9 Å². The van der Waals surface area contributed by atoms with Crippen LogP contribution in [0.3, 0.4) is 0 Å². The Morgan fingerprint density at radius 1 is 1.21 bits per heavy atom. The Morgan fingerprint density at radius 3 is 2.73 bits per heavy atom. The van der Waals surface area contributed by atoms with Crippen molar-refractivity contribution in [3.63, 3.8) is 0 Å². The first-order chi connectivity index (χ1) is 16.0. The molecule has 2 aromatic rings. The number of amides is 1. The van der Waals surface area contributed by atoms with Crippen LogP contribution in [0, 0.1) is 11.8 Å². The van der Waals surface area contributed by atoms with Crippen molar-refractivity contribution in [1.29, 1.82) is 0 Å². The van der Waals surface area contributed by atoms with E-state index in [1.54, 1.807) is 25.2 Å². The van der Waals surface area contributed by atoms with Gasteiger partial charge in [-0.15, -0.1) is 0 Å². The zero-order chi connectivity index (χ0) is 23.1. The van der Waals surface area contributed by atoms with Crippen LogP contribution in [0.2, 0.25) is 0 Å². The van der Waals surface area contributed by atoms with Crippen LogP contribution in [0.1, 0.15) is 48.7 Å². The van der Waals surface area contributed by atoms with Crippen molar-refractivity contribution in [2.24, 2.45) is 11.8 Å². The van der Waals surface area contributed by atoms with E-state index in [0.717, 1.165) is 41.8 Å². The zero-order valence-electron chi connectivity index (χ0n) is 19.4. The second-order valence-corrected chi connectivity index (χ2v) is 9.69. The highest BCUT2D eigenvalue weighted by atomic mass is 16.3. The number of aromatic nitrogens is 2. The van der Waals surface area contributed by atoms with E-state index in [-0.39, 0.29) is 36.0 Å². The van der Waals surface area contributed by atoms with Gasteiger partial charge in [0.2, 0.25) is 5.91 Å². The summed E-state index contributed by atoms with van der Waals surface area (Å²) in [6, 6.07) is 9.26. The molecule has 1 amide bonds. The van der Waals surface area contributed by atoms with Gasteiger partial charge in [-0.1, -0.05) is 12.1 Å². The average Bonchev–Trinajstić information content (AvgIpc) is 3.35. The Labute approximate surface area is 194 Å². The third-order valence-electron chi connectivity index (χ3n) is 7.59. The number of carbonyl (C=O) groups is 1. The van der Waals surface area contributed by atoms with E-state index in [1.807, 2.05) is 28.8 Å². The van der Waals surface area contributed by atoms with Gasteiger partial charge in [-0.3, -0.25) is 19.5 Å². The molecule has 33 heavy (non-hydrogen) atoms. The lowest BCUT2D eigenvalue weighted by Crippen LogP contribution is -2.47. The molecule has 7 nitrogen and oxygen atoms in total. The van der Waals surface area contributed by atoms with Gasteiger partial charge in [-0.05, 0) is 55.5 Å². The fourth-order valence-corrected chi connectivity index (χ4v) is 6.04. The first kappa shape index (κ1) is 22.0. The minimum Gasteiger partial charge on any atom is -0.396 e. The van der Waals surface area contributed by atoms with Gasteiger partial charge in [0.1, 0.15) is 0 Å². The molecular weight excluding hydrogens is 416 g/mol. The van der Waals surface area contributed by atoms with Crippen LogP contribution in [0.4, 0.5) is 0 Å². The molecule has 0 saturated carbocycles. The summed E-state index contributed by atoms with van der Waals surface area (Å²) in [5, 5.41) is 10.4. The molecule has 0 unspecified atom stereocenters. The van der Waals surface area contributed by atoms with Gasteiger partial charge in [0.25, 0.3) is 5.56 Å². The smallest absolute Gasteiger partial charge is 0.258 e. The molecule has 1 fully saturated rings. The summed E-state index contributed by atoms with van der Waals surface area (Å²) in [7, 11) is 3.51. The van der Waals surface area contributed by atoms with Crippen molar-refractivity contribution in [3.8, 4) is 0 Å². The molecule has 0 aromatic carbocycles. The lowest BCUT2D eigenvalue weighted by atomic mass is 9.88. The number of fused-ring (bicyclic) bond motifs is 3. The maximum absolute atomic E-state index is 13.5. The molecule has 2 aliphatic heterocycles. The topological polar surface area (TPSA) is 78.7 Å². The van der Waals surface area contributed by atoms with E-state index >= 15 is 0 Å². The molecule has 3 aliphatic rings. The highest BCUT2D eigenvalue weighted by molar-refractivity contribution is 5.82. The molecule has 1 aliphatic carbocycles. The summed E-state index contributed by atoms with van der Waals surface area (Å²) in [5.41, 5.74) is 3.82. The normalized spacial score (nSPS) is 26.6. The summed E-state index contributed by atoms with van der Waals surface area (Å²) < 4.78 is 1.89. The number of pyridine rings is 2. The zero-order valence-corrected chi connectivity index (χ0v) is 19.4. The fourth-order valence-electron chi connectivity index (χ4n) is 6.04. The van der Waals surface area contributed by atoms with Crippen LogP contribution in [0.5, 0.6) is 0 Å². The highest BCUT2D eigenvalue weighted by Gasteiger charge is 2.55. The van der Waals surface area contributed by atoms with Gasteiger partial charge in [-0.2, -0.15) is 0 Å². The number of hydrogen-bond donors (Lipinski definition) is 1. The van der Waals surface area contributed by atoms with Crippen LogP contribution in [0.15, 0.2) is 47.4 Å². The number of aliphatic hydroxyl groups is 1. The number of hydrogen-bond acceptors (Lipinski definition) is 5. The van der Waals surface area contributed by atoms with Crippen molar-refractivity contribution in [3.05, 3.63) is 69.9 Å². The van der Waals surface area contributed by atoms with Crippen LogP contribution >= 0.6 is 0 Å². The van der Waals surface area contributed by atoms with Crippen molar-refractivity contribution in [2.45, 2.75) is 50.9 Å². The maximum Gasteiger partial charge on any atom is 0.258 e. The Kier molecular flexibility index (Phi) is 5.93. The SMILES string of the molecule is CN(C)C(=O)[C@H]1[C@H](CO)[C@H]2Cn3c(ccc(C4=CCCCC4)c3=O)[C@H]2N1Cc1ccccn1. The monoisotopic (exact) mass is 448 g/mol. The van der Waals surface area contributed by atoms with E-state index < -0.39 is 6.04 Å². The lowest BCUT2D eigenvalue weighted by molar-refractivity contribution is -0.136. The van der Waals surface area contributed by atoms with E-state index in [1.165, 1.54) is 6.42 Å². The van der Waals surface area contributed by atoms with E-state index in [4.69, 9.17) is 0 Å². The van der Waals surface area contributed by atoms with E-state index in [0.29, 0.717) is 13.1 Å². The second kappa shape index (κ2) is 8.88. The first-order valence-electron chi connectivity index (χ1n) is 11.9. The molecule has 174 valence electrons. The van der Waals surface area contributed by atoms with Crippen molar-refractivity contribution in [2.75, 3.05) is 20.7 Å². The molecule has 0 bridgehead atoms. The van der Waals surface area contributed by atoms with Crippen LogP contribution in [0.25, 0.3) is 5.57 Å². The average molecular weight is 449 g/mol. The van der Waals surface area contributed by atoms with E-state index in [2.05, 4.69) is 22.0 Å². The minimum atomic E-state index is -0.452. The van der Waals surface area contributed by atoms with Crippen LogP contribution in [-0.4, -0.2) is 57.1 Å². The summed E-state index contributed by atoms with van der Waals surface area (Å²) in [6.07, 6.45) is 8.25. The summed E-state index contributed by atoms with van der Waals surface area (Å²) in [5.74, 6) is -0.265. The number of rotatable bonds is 5. The largest absolute Gasteiger partial charge is 0.396 e. The molecule has 7 heteroatoms. The molecular formula is C26H32N4O3. The Bertz CT molecular complexity index is 1120. The Hall–Kier alpha value is -2.77. The second-order valence-electron chi connectivity index (χ2n) is 9.69. The van der Waals surface area contributed by atoms with Crippen molar-refractivity contribution < 1.29 is 9.90 Å². The number of aliphatic hydroxyl groups excluding tert-OH is 1. The van der Waals surface area contributed by atoms with Gasteiger partial charge in [0.15, 0.2) is 0 Å². The predicted molar refractivity (Wildman–Crippen MR) is 126 cm³/mol. The third kappa shape index (κ3) is 3.73. The molecule has 0 radical (unpaired) electrons. The molecule has 4 atom stereocenters. The fraction of sp³-hybridized carbons (Fsp3) is 0.500. The predicted octanol–water partition coefficient (Wildman–Crippen LogP) is 2.45. The van der Waals surface area contributed by atoms with Gasteiger partial charge in [0, 0.05) is 63.1 Å². The third-order valence-corrected chi connectivity index (χ3v) is 7.59. The van der Waals surface area contributed by atoms with Gasteiger partial charge < -0.3 is 14.6 Å². The molecule has 1 N–H and O–H groups in total. The number of carbonyl (C=O) groups excluding carboxylic acids is 1. The number of likely N-dealkylation sites (N-methyl/N-ethyl adjacent to an activating group) is 1. The lowest BCUT2D eigenvalue weighted by Gasteiger charge is -2.32. The standard InChI is InChI=1S/C26H32N4O3/c1-28(2)26(33)24-21(16-31)20-15-29-22(23(20)30(24)14-18-10-6-7-13-27-18)12-11-19(25(29)32)17-8-4-3-5-9-17/h6-8,10-13,20-21,23-24,31H,3-5,9,14-16H2,1-2H3/t20-,21-,23+,24-/m1/s1. The molecule has 0 spiro atoms. The number of nitrogens with zero attached hydrogens (tertiary/aromatic N) is 4. The first-order valence-corrected chi connectivity index (χ1v) is 11.9. The Morgan fingerprint density at radius 2 is 2.06 bits per heavy atom. The highest BCUT2D eigenvalue weighted by Crippen LogP contribution is 2.50.